The van der Waals surface area contributed by atoms with E-state index < -0.39 is 0 Å². The highest BCUT2D eigenvalue weighted by Gasteiger charge is 2.21. The average molecular weight is 383 g/mol. The highest BCUT2D eigenvalue weighted by molar-refractivity contribution is 5.76. The molecule has 0 radical (unpaired) electrons. The molecule has 0 saturated carbocycles. The van der Waals surface area contributed by atoms with Crippen LogP contribution >= 0.6 is 0 Å². The lowest BCUT2D eigenvalue weighted by Gasteiger charge is -2.34. The third-order valence-corrected chi connectivity index (χ3v) is 5.22. The van der Waals surface area contributed by atoms with Crippen LogP contribution < -0.4 is 9.47 Å². The summed E-state index contributed by atoms with van der Waals surface area (Å²) in [6.07, 6.45) is 1.24. The standard InChI is InChI=1S/C23H30N2O3/c1-19-7-10-21(11-8-19)28-18-17-24-13-15-25(16-14-24)23(26)12-9-20-5-3-4-6-22(20)27-2/h3-8,10-11H,9,12-18H2,1-2H3. The zero-order valence-electron chi connectivity index (χ0n) is 16.9. The van der Waals surface area contributed by atoms with Crippen LogP contribution in [0.3, 0.4) is 0 Å². The molecule has 28 heavy (non-hydrogen) atoms. The first-order valence-electron chi connectivity index (χ1n) is 9.97. The fraction of sp³-hybridized carbons (Fsp3) is 0.435. The maximum absolute atomic E-state index is 12.5. The highest BCUT2D eigenvalue weighted by Crippen LogP contribution is 2.19. The van der Waals surface area contributed by atoms with E-state index in [2.05, 4.69) is 24.0 Å². The van der Waals surface area contributed by atoms with Crippen molar-refractivity contribution >= 4 is 5.91 Å². The highest BCUT2D eigenvalue weighted by atomic mass is 16.5. The van der Waals surface area contributed by atoms with Gasteiger partial charge in [-0.3, -0.25) is 9.69 Å². The molecule has 2 aromatic rings. The Morgan fingerprint density at radius 2 is 1.71 bits per heavy atom. The van der Waals surface area contributed by atoms with E-state index >= 15 is 0 Å². The lowest BCUT2D eigenvalue weighted by molar-refractivity contribution is -0.132. The van der Waals surface area contributed by atoms with Gasteiger partial charge in [0.25, 0.3) is 0 Å². The summed E-state index contributed by atoms with van der Waals surface area (Å²) in [5.74, 6) is 1.99. The monoisotopic (exact) mass is 382 g/mol. The predicted molar refractivity (Wildman–Crippen MR) is 111 cm³/mol. The Bertz CT molecular complexity index is 753. The molecule has 1 saturated heterocycles. The summed E-state index contributed by atoms with van der Waals surface area (Å²) in [6, 6.07) is 16.0. The number of benzene rings is 2. The van der Waals surface area contributed by atoms with Gasteiger partial charge in [-0.1, -0.05) is 35.9 Å². The number of hydrogen-bond acceptors (Lipinski definition) is 4. The Morgan fingerprint density at radius 3 is 2.43 bits per heavy atom. The average Bonchev–Trinajstić information content (AvgIpc) is 2.74. The summed E-state index contributed by atoms with van der Waals surface area (Å²) >= 11 is 0. The largest absolute Gasteiger partial charge is 0.496 e. The molecule has 0 atom stereocenters. The molecule has 0 bridgehead atoms. The van der Waals surface area contributed by atoms with E-state index in [1.165, 1.54) is 5.56 Å². The van der Waals surface area contributed by atoms with Gasteiger partial charge in [0, 0.05) is 39.1 Å². The summed E-state index contributed by atoms with van der Waals surface area (Å²) in [5, 5.41) is 0. The minimum absolute atomic E-state index is 0.224. The van der Waals surface area contributed by atoms with E-state index in [9.17, 15) is 4.79 Å². The van der Waals surface area contributed by atoms with Crippen LogP contribution in [0.2, 0.25) is 0 Å². The minimum Gasteiger partial charge on any atom is -0.496 e. The summed E-state index contributed by atoms with van der Waals surface area (Å²) in [6.45, 7) is 7.00. The van der Waals surface area contributed by atoms with Crippen LogP contribution in [0.1, 0.15) is 17.5 Å². The molecule has 1 amide bonds. The van der Waals surface area contributed by atoms with Crippen molar-refractivity contribution in [3.63, 3.8) is 0 Å². The fourth-order valence-electron chi connectivity index (χ4n) is 3.46. The molecule has 5 heteroatoms. The maximum Gasteiger partial charge on any atom is 0.222 e. The van der Waals surface area contributed by atoms with Crippen LogP contribution in [-0.4, -0.2) is 62.1 Å². The first-order chi connectivity index (χ1) is 13.7. The summed E-state index contributed by atoms with van der Waals surface area (Å²) in [5.41, 5.74) is 2.32. The topological polar surface area (TPSA) is 42.0 Å². The van der Waals surface area contributed by atoms with Gasteiger partial charge >= 0.3 is 0 Å². The molecule has 1 heterocycles. The number of amides is 1. The molecule has 1 aliphatic rings. The van der Waals surface area contributed by atoms with Crippen molar-refractivity contribution in [2.75, 3.05) is 46.4 Å². The van der Waals surface area contributed by atoms with Crippen molar-refractivity contribution in [3.8, 4) is 11.5 Å². The van der Waals surface area contributed by atoms with E-state index in [1.807, 2.05) is 41.3 Å². The smallest absolute Gasteiger partial charge is 0.222 e. The predicted octanol–water partition coefficient (Wildman–Crippen LogP) is 3.16. The number of methoxy groups -OCH3 is 1. The van der Waals surface area contributed by atoms with Gasteiger partial charge in [0.05, 0.1) is 7.11 Å². The Morgan fingerprint density at radius 1 is 1.00 bits per heavy atom. The number of rotatable bonds is 8. The molecule has 1 aliphatic heterocycles. The number of hydrogen-bond donors (Lipinski definition) is 0. The van der Waals surface area contributed by atoms with E-state index in [1.54, 1.807) is 7.11 Å². The third kappa shape index (κ3) is 5.73. The molecule has 0 aromatic heterocycles. The van der Waals surface area contributed by atoms with Crippen LogP contribution in [0.4, 0.5) is 0 Å². The van der Waals surface area contributed by atoms with Crippen LogP contribution in [0.25, 0.3) is 0 Å². The molecule has 1 fully saturated rings. The SMILES string of the molecule is COc1ccccc1CCC(=O)N1CCN(CCOc2ccc(C)cc2)CC1. The Kier molecular flexibility index (Phi) is 7.31. The van der Waals surface area contributed by atoms with E-state index in [-0.39, 0.29) is 5.91 Å². The lowest BCUT2D eigenvalue weighted by Crippen LogP contribution is -2.49. The molecule has 0 unspecified atom stereocenters. The van der Waals surface area contributed by atoms with Gasteiger partial charge in [-0.2, -0.15) is 0 Å². The molecule has 0 N–H and O–H groups in total. The molecule has 0 aliphatic carbocycles. The Balaban J connectivity index is 1.36. The van der Waals surface area contributed by atoms with Crippen molar-refractivity contribution in [1.29, 1.82) is 0 Å². The maximum atomic E-state index is 12.5. The zero-order valence-corrected chi connectivity index (χ0v) is 16.9. The summed E-state index contributed by atoms with van der Waals surface area (Å²) in [7, 11) is 1.67. The molecule has 150 valence electrons. The number of nitrogens with zero attached hydrogens (tertiary/aromatic N) is 2. The number of ether oxygens (including phenoxy) is 2. The molecular formula is C23H30N2O3. The molecular weight excluding hydrogens is 352 g/mol. The van der Waals surface area contributed by atoms with E-state index in [0.29, 0.717) is 19.4 Å². The minimum atomic E-state index is 0.224. The first kappa shape index (κ1) is 20.2. The Labute approximate surface area is 167 Å². The number of para-hydroxylation sites is 1. The molecule has 2 aromatic carbocycles. The quantitative estimate of drug-likeness (QED) is 0.703. The third-order valence-electron chi connectivity index (χ3n) is 5.22. The lowest BCUT2D eigenvalue weighted by atomic mass is 10.1. The second-order valence-corrected chi connectivity index (χ2v) is 7.20. The first-order valence-corrected chi connectivity index (χ1v) is 9.97. The summed E-state index contributed by atoms with van der Waals surface area (Å²) in [4.78, 5) is 16.9. The van der Waals surface area contributed by atoms with Crippen molar-refractivity contribution in [1.82, 2.24) is 9.80 Å². The second kappa shape index (κ2) is 10.1. The van der Waals surface area contributed by atoms with Gasteiger partial charge in [0.1, 0.15) is 18.1 Å². The van der Waals surface area contributed by atoms with Crippen molar-refractivity contribution in [3.05, 3.63) is 59.7 Å². The van der Waals surface area contributed by atoms with Crippen LogP contribution in [0.15, 0.2) is 48.5 Å². The Hall–Kier alpha value is -2.53. The van der Waals surface area contributed by atoms with E-state index in [4.69, 9.17) is 9.47 Å². The van der Waals surface area contributed by atoms with Crippen molar-refractivity contribution in [2.45, 2.75) is 19.8 Å². The van der Waals surface area contributed by atoms with Gasteiger partial charge < -0.3 is 14.4 Å². The van der Waals surface area contributed by atoms with Crippen molar-refractivity contribution in [2.24, 2.45) is 0 Å². The van der Waals surface area contributed by atoms with Crippen LogP contribution in [0, 0.1) is 6.92 Å². The van der Waals surface area contributed by atoms with Crippen molar-refractivity contribution < 1.29 is 14.3 Å². The van der Waals surface area contributed by atoms with Gasteiger partial charge in [-0.25, -0.2) is 0 Å². The van der Waals surface area contributed by atoms with Crippen LogP contribution in [-0.2, 0) is 11.2 Å². The number of aryl methyl sites for hydroxylation is 2. The second-order valence-electron chi connectivity index (χ2n) is 7.20. The summed E-state index contributed by atoms with van der Waals surface area (Å²) < 4.78 is 11.2. The van der Waals surface area contributed by atoms with Gasteiger partial charge in [-0.15, -0.1) is 0 Å². The fourth-order valence-corrected chi connectivity index (χ4v) is 3.46. The van der Waals surface area contributed by atoms with Gasteiger partial charge in [-0.05, 0) is 37.1 Å². The normalized spacial score (nSPS) is 14.7. The van der Waals surface area contributed by atoms with Gasteiger partial charge in [0.15, 0.2) is 0 Å². The van der Waals surface area contributed by atoms with E-state index in [0.717, 1.165) is 49.8 Å². The zero-order chi connectivity index (χ0) is 19.8. The molecule has 0 spiro atoms. The number of carbonyl (C=O) groups excluding carboxylic acids is 1. The molecule has 3 rings (SSSR count). The number of carbonyl (C=O) groups is 1. The number of piperazine rings is 1. The van der Waals surface area contributed by atoms with Gasteiger partial charge in [0.2, 0.25) is 5.91 Å². The molecule has 5 nitrogen and oxygen atoms in total. The van der Waals surface area contributed by atoms with Crippen LogP contribution in [0.5, 0.6) is 11.5 Å².